The van der Waals surface area contributed by atoms with Crippen LogP contribution in [0.2, 0.25) is 0 Å². The van der Waals surface area contributed by atoms with Gasteiger partial charge in [0.05, 0.1) is 6.20 Å². The summed E-state index contributed by atoms with van der Waals surface area (Å²) in [5, 5.41) is 11.1. The van der Waals surface area contributed by atoms with Crippen molar-refractivity contribution in [2.45, 2.75) is 13.0 Å². The Hall–Kier alpha value is -1.83. The largest absolute Gasteiger partial charge is 0.370 e. The normalized spacial score (nSPS) is 15.1. The number of hydrogen-bond acceptors (Lipinski definition) is 7. The van der Waals surface area contributed by atoms with E-state index in [1.807, 2.05) is 28.7 Å². The van der Waals surface area contributed by atoms with Crippen LogP contribution >= 0.6 is 11.8 Å². The van der Waals surface area contributed by atoms with E-state index >= 15 is 0 Å². The molecule has 1 N–H and O–H groups in total. The van der Waals surface area contributed by atoms with Gasteiger partial charge in [-0.1, -0.05) is 5.21 Å². The van der Waals surface area contributed by atoms with Crippen molar-refractivity contribution >= 4 is 23.4 Å². The summed E-state index contributed by atoms with van der Waals surface area (Å²) in [4.78, 5) is 11.0. The van der Waals surface area contributed by atoms with Crippen molar-refractivity contribution in [3.63, 3.8) is 0 Å². The molecule has 0 aromatic carbocycles. The summed E-state index contributed by atoms with van der Waals surface area (Å²) in [5.74, 6) is 4.25. The Morgan fingerprint density at radius 2 is 2.14 bits per heavy atom. The molecule has 0 bridgehead atoms. The van der Waals surface area contributed by atoms with E-state index in [0.29, 0.717) is 0 Å². The zero-order valence-corrected chi connectivity index (χ0v) is 12.7. The van der Waals surface area contributed by atoms with Crippen LogP contribution in [-0.2, 0) is 6.54 Å². The molecule has 2 aromatic rings. The van der Waals surface area contributed by atoms with E-state index in [4.69, 9.17) is 0 Å². The minimum atomic E-state index is 0.853. The van der Waals surface area contributed by atoms with Gasteiger partial charge in [-0.25, -0.2) is 9.97 Å². The first-order valence-corrected chi connectivity index (χ1v) is 8.30. The van der Waals surface area contributed by atoms with Crippen LogP contribution in [0.5, 0.6) is 0 Å². The van der Waals surface area contributed by atoms with Crippen LogP contribution in [0.1, 0.15) is 6.42 Å². The van der Waals surface area contributed by atoms with Crippen LogP contribution < -0.4 is 10.2 Å². The average molecular weight is 305 g/mol. The third-order valence-corrected chi connectivity index (χ3v) is 4.27. The molecule has 7 nitrogen and oxygen atoms in total. The van der Waals surface area contributed by atoms with Gasteiger partial charge in [0.15, 0.2) is 0 Å². The number of nitrogens with zero attached hydrogens (tertiary/aromatic N) is 6. The van der Waals surface area contributed by atoms with Crippen molar-refractivity contribution in [1.82, 2.24) is 25.0 Å². The summed E-state index contributed by atoms with van der Waals surface area (Å²) >= 11 is 2.00. The highest BCUT2D eigenvalue weighted by molar-refractivity contribution is 7.99. The minimum absolute atomic E-state index is 0.853. The number of anilines is 2. The lowest BCUT2D eigenvalue weighted by Crippen LogP contribution is -2.33. The smallest absolute Gasteiger partial charge is 0.134 e. The predicted molar refractivity (Wildman–Crippen MR) is 84.7 cm³/mol. The average Bonchev–Trinajstić information content (AvgIpc) is 3.06. The second-order valence-electron chi connectivity index (χ2n) is 4.81. The Morgan fingerprint density at radius 1 is 1.24 bits per heavy atom. The monoisotopic (exact) mass is 305 g/mol. The van der Waals surface area contributed by atoms with Gasteiger partial charge in [-0.3, -0.25) is 4.68 Å². The van der Waals surface area contributed by atoms with Gasteiger partial charge < -0.3 is 10.2 Å². The third-order valence-electron chi connectivity index (χ3n) is 3.33. The molecule has 0 radical (unpaired) electrons. The molecule has 8 heteroatoms. The maximum Gasteiger partial charge on any atom is 0.134 e. The highest BCUT2D eigenvalue weighted by atomic mass is 32.2. The Labute approximate surface area is 128 Å². The van der Waals surface area contributed by atoms with E-state index in [2.05, 4.69) is 30.5 Å². The molecule has 1 aliphatic rings. The van der Waals surface area contributed by atoms with E-state index < -0.39 is 0 Å². The van der Waals surface area contributed by atoms with Gasteiger partial charge in [0.25, 0.3) is 0 Å². The fourth-order valence-corrected chi connectivity index (χ4v) is 3.12. The van der Waals surface area contributed by atoms with Gasteiger partial charge in [-0.05, 0) is 6.42 Å². The first-order valence-electron chi connectivity index (χ1n) is 7.14. The van der Waals surface area contributed by atoms with E-state index in [0.717, 1.165) is 44.2 Å². The molecule has 0 aliphatic carbocycles. The fourth-order valence-electron chi connectivity index (χ4n) is 2.22. The van der Waals surface area contributed by atoms with Crippen molar-refractivity contribution in [1.29, 1.82) is 0 Å². The first kappa shape index (κ1) is 14.1. The summed E-state index contributed by atoms with van der Waals surface area (Å²) in [6, 6.07) is 2.03. The summed E-state index contributed by atoms with van der Waals surface area (Å²) in [6.07, 6.45) is 6.18. The molecule has 0 saturated carbocycles. The molecule has 1 aliphatic heterocycles. The Bertz CT molecular complexity index is 539. The Kier molecular flexibility index (Phi) is 4.88. The quantitative estimate of drug-likeness (QED) is 0.802. The highest BCUT2D eigenvalue weighted by Gasteiger charge is 2.12. The number of aromatic nitrogens is 5. The Balaban J connectivity index is 1.48. The molecule has 0 unspecified atom stereocenters. The Morgan fingerprint density at radius 3 is 2.95 bits per heavy atom. The molecular formula is C13H19N7S. The predicted octanol–water partition coefficient (Wildman–Crippen LogP) is 1.12. The fraction of sp³-hybridized carbons (Fsp3) is 0.538. The van der Waals surface area contributed by atoms with Crippen LogP contribution in [0.4, 0.5) is 11.6 Å². The number of aryl methyl sites for hydroxylation is 1. The zero-order valence-electron chi connectivity index (χ0n) is 11.9. The molecule has 0 atom stereocenters. The molecule has 112 valence electrons. The van der Waals surface area contributed by atoms with Gasteiger partial charge in [0.1, 0.15) is 18.0 Å². The van der Waals surface area contributed by atoms with E-state index in [1.54, 1.807) is 12.5 Å². The summed E-state index contributed by atoms with van der Waals surface area (Å²) < 4.78 is 1.83. The lowest BCUT2D eigenvalue weighted by atomic mass is 10.4. The topological polar surface area (TPSA) is 71.8 Å². The molecule has 0 spiro atoms. The molecular weight excluding hydrogens is 286 g/mol. The van der Waals surface area contributed by atoms with E-state index in [1.165, 1.54) is 11.5 Å². The molecule has 3 heterocycles. The van der Waals surface area contributed by atoms with Crippen molar-refractivity contribution in [3.8, 4) is 0 Å². The first-order chi connectivity index (χ1) is 10.4. The van der Waals surface area contributed by atoms with Gasteiger partial charge in [0, 0.05) is 49.9 Å². The third kappa shape index (κ3) is 4.07. The van der Waals surface area contributed by atoms with Gasteiger partial charge in [-0.15, -0.1) is 5.10 Å². The van der Waals surface area contributed by atoms with Crippen molar-refractivity contribution < 1.29 is 0 Å². The van der Waals surface area contributed by atoms with Crippen LogP contribution in [0.15, 0.2) is 24.8 Å². The van der Waals surface area contributed by atoms with Crippen LogP contribution in [-0.4, -0.2) is 56.1 Å². The molecule has 21 heavy (non-hydrogen) atoms. The summed E-state index contributed by atoms with van der Waals surface area (Å²) in [7, 11) is 0. The number of rotatable bonds is 6. The molecule has 1 fully saturated rings. The standard InChI is InChI=1S/C13H19N7S/c1(4-20-5-3-17-18-20)2-14-12-10-13(16-11-15-12)19-6-8-21-9-7-19/h3,5,10-11H,1-2,4,6-9H2,(H,14,15,16). The van der Waals surface area contributed by atoms with Crippen molar-refractivity contribution in [2.24, 2.45) is 0 Å². The second-order valence-corrected chi connectivity index (χ2v) is 6.03. The highest BCUT2D eigenvalue weighted by Crippen LogP contribution is 2.18. The van der Waals surface area contributed by atoms with Gasteiger partial charge in [0.2, 0.25) is 0 Å². The van der Waals surface area contributed by atoms with Crippen LogP contribution in [0, 0.1) is 0 Å². The zero-order chi connectivity index (χ0) is 14.3. The van der Waals surface area contributed by atoms with Crippen molar-refractivity contribution in [3.05, 3.63) is 24.8 Å². The lowest BCUT2D eigenvalue weighted by molar-refractivity contribution is 0.569. The minimum Gasteiger partial charge on any atom is -0.370 e. The van der Waals surface area contributed by atoms with Crippen LogP contribution in [0.3, 0.4) is 0 Å². The van der Waals surface area contributed by atoms with Gasteiger partial charge >= 0.3 is 0 Å². The number of hydrogen-bond donors (Lipinski definition) is 1. The maximum atomic E-state index is 4.38. The number of thioether (sulfide) groups is 1. The second kappa shape index (κ2) is 7.26. The molecule has 3 rings (SSSR count). The lowest BCUT2D eigenvalue weighted by Gasteiger charge is -2.27. The SMILES string of the molecule is c1cn(CCCNc2cc(N3CCSCC3)ncn2)nn1. The van der Waals surface area contributed by atoms with E-state index in [9.17, 15) is 0 Å². The summed E-state index contributed by atoms with van der Waals surface area (Å²) in [5.41, 5.74) is 0. The van der Waals surface area contributed by atoms with Gasteiger partial charge in [-0.2, -0.15) is 11.8 Å². The van der Waals surface area contributed by atoms with E-state index in [-0.39, 0.29) is 0 Å². The molecule has 1 saturated heterocycles. The van der Waals surface area contributed by atoms with Crippen molar-refractivity contribution in [2.75, 3.05) is 41.4 Å². The van der Waals surface area contributed by atoms with Crippen LogP contribution in [0.25, 0.3) is 0 Å². The summed E-state index contributed by atoms with van der Waals surface area (Å²) in [6.45, 7) is 3.83. The molecule has 2 aromatic heterocycles. The number of nitrogens with one attached hydrogen (secondary N) is 1. The molecule has 0 amide bonds. The maximum absolute atomic E-state index is 4.38.